The minimum Gasteiger partial charge on any atom is -0.378 e. The molecule has 1 aliphatic rings. The molecular formula is C24H29N5O2. The van der Waals surface area contributed by atoms with Gasteiger partial charge in [-0.1, -0.05) is 19.1 Å². The number of carbonyl (C=O) groups excluding carboxylic acids is 1. The number of fused-ring (bicyclic) bond motifs is 1. The van der Waals surface area contributed by atoms with Gasteiger partial charge < -0.3 is 19.3 Å². The number of aryl methyl sites for hydroxylation is 1. The van der Waals surface area contributed by atoms with Crippen LogP contribution in [0.4, 0.5) is 11.5 Å². The van der Waals surface area contributed by atoms with Crippen molar-refractivity contribution in [3.8, 4) is 0 Å². The van der Waals surface area contributed by atoms with Crippen molar-refractivity contribution in [1.82, 2.24) is 14.5 Å². The number of para-hydroxylation sites is 2. The van der Waals surface area contributed by atoms with Crippen LogP contribution in [-0.2, 0) is 6.54 Å². The summed E-state index contributed by atoms with van der Waals surface area (Å²) >= 11 is 0. The zero-order valence-electron chi connectivity index (χ0n) is 18.4. The quantitative estimate of drug-likeness (QED) is 0.636. The predicted octanol–water partition coefficient (Wildman–Crippen LogP) is 2.83. The van der Waals surface area contributed by atoms with Gasteiger partial charge >= 0.3 is 0 Å². The van der Waals surface area contributed by atoms with Crippen molar-refractivity contribution in [3.63, 3.8) is 0 Å². The van der Waals surface area contributed by atoms with Gasteiger partial charge in [0.2, 0.25) is 0 Å². The van der Waals surface area contributed by atoms with Gasteiger partial charge in [-0.05, 0) is 42.8 Å². The first kappa shape index (κ1) is 20.9. The molecule has 3 aromatic rings. The number of carbonyl (C=O) groups is 1. The summed E-state index contributed by atoms with van der Waals surface area (Å²) in [6.07, 6.45) is 0.877. The topological polar surface area (TPSA) is 61.7 Å². The number of aromatic nitrogens is 2. The molecule has 31 heavy (non-hydrogen) atoms. The van der Waals surface area contributed by atoms with Gasteiger partial charge in [-0.25, -0.2) is 4.98 Å². The van der Waals surface area contributed by atoms with Crippen LogP contribution in [-0.4, -0.2) is 60.6 Å². The first-order valence-corrected chi connectivity index (χ1v) is 10.8. The normalized spacial score (nSPS) is 14.2. The van der Waals surface area contributed by atoms with Gasteiger partial charge in [-0.2, -0.15) is 0 Å². The van der Waals surface area contributed by atoms with E-state index in [-0.39, 0.29) is 11.5 Å². The summed E-state index contributed by atoms with van der Waals surface area (Å²) in [7, 11) is 3.96. The highest BCUT2D eigenvalue weighted by atomic mass is 16.2. The van der Waals surface area contributed by atoms with E-state index in [1.807, 2.05) is 81.9 Å². The van der Waals surface area contributed by atoms with E-state index < -0.39 is 0 Å². The molecule has 1 aliphatic heterocycles. The summed E-state index contributed by atoms with van der Waals surface area (Å²) in [4.78, 5) is 36.6. The zero-order valence-corrected chi connectivity index (χ0v) is 18.4. The Labute approximate surface area is 182 Å². The number of hydrogen-bond acceptors (Lipinski definition) is 5. The maximum atomic E-state index is 13.2. The second kappa shape index (κ2) is 8.79. The van der Waals surface area contributed by atoms with Crippen molar-refractivity contribution in [2.45, 2.75) is 19.9 Å². The third kappa shape index (κ3) is 4.13. The Bertz CT molecular complexity index is 1130. The fourth-order valence-electron chi connectivity index (χ4n) is 4.04. The van der Waals surface area contributed by atoms with Crippen molar-refractivity contribution in [2.24, 2.45) is 0 Å². The molecule has 0 N–H and O–H groups in total. The minimum atomic E-state index is -0.0559. The number of rotatable bonds is 5. The fraction of sp³-hybridized carbons (Fsp3) is 0.375. The lowest BCUT2D eigenvalue weighted by Gasteiger charge is -2.35. The molecule has 7 heteroatoms. The average molecular weight is 420 g/mol. The SMILES string of the molecule is CCCn1c(=O)c(N2CCN(C(=O)c3ccc(N(C)C)cc3)CC2)nc2ccccc21. The number of benzene rings is 2. The highest BCUT2D eigenvalue weighted by Crippen LogP contribution is 2.18. The maximum absolute atomic E-state index is 13.2. The molecule has 2 aromatic carbocycles. The number of anilines is 2. The van der Waals surface area contributed by atoms with Gasteiger partial charge in [0.15, 0.2) is 5.82 Å². The lowest BCUT2D eigenvalue weighted by molar-refractivity contribution is 0.0746. The Morgan fingerprint density at radius 3 is 2.32 bits per heavy atom. The Morgan fingerprint density at radius 1 is 1.00 bits per heavy atom. The van der Waals surface area contributed by atoms with Crippen LogP contribution in [0.25, 0.3) is 11.0 Å². The molecule has 0 saturated carbocycles. The van der Waals surface area contributed by atoms with Crippen LogP contribution in [0.5, 0.6) is 0 Å². The van der Waals surface area contributed by atoms with Crippen molar-refractivity contribution in [1.29, 1.82) is 0 Å². The Balaban J connectivity index is 1.52. The number of nitrogens with zero attached hydrogens (tertiary/aromatic N) is 5. The van der Waals surface area contributed by atoms with Crippen LogP contribution in [0.15, 0.2) is 53.3 Å². The number of hydrogen-bond donors (Lipinski definition) is 0. The number of piperazine rings is 1. The molecule has 0 radical (unpaired) electrons. The van der Waals surface area contributed by atoms with Crippen LogP contribution in [0.2, 0.25) is 0 Å². The van der Waals surface area contributed by atoms with E-state index in [9.17, 15) is 9.59 Å². The summed E-state index contributed by atoms with van der Waals surface area (Å²) < 4.78 is 1.82. The van der Waals surface area contributed by atoms with Gasteiger partial charge in [0.05, 0.1) is 11.0 Å². The third-order valence-corrected chi connectivity index (χ3v) is 5.78. The van der Waals surface area contributed by atoms with Crippen LogP contribution >= 0.6 is 0 Å². The predicted molar refractivity (Wildman–Crippen MR) is 125 cm³/mol. The fourth-order valence-corrected chi connectivity index (χ4v) is 4.04. The smallest absolute Gasteiger partial charge is 0.294 e. The molecule has 1 amide bonds. The largest absolute Gasteiger partial charge is 0.378 e. The highest BCUT2D eigenvalue weighted by Gasteiger charge is 2.25. The van der Waals surface area contributed by atoms with Gasteiger partial charge in [0.1, 0.15) is 0 Å². The van der Waals surface area contributed by atoms with Crippen molar-refractivity contribution < 1.29 is 4.79 Å². The molecule has 162 valence electrons. The molecule has 0 spiro atoms. The zero-order chi connectivity index (χ0) is 22.0. The molecule has 2 heterocycles. The molecule has 7 nitrogen and oxygen atoms in total. The first-order valence-electron chi connectivity index (χ1n) is 10.8. The van der Waals surface area contributed by atoms with E-state index in [0.717, 1.165) is 23.1 Å². The average Bonchev–Trinajstić information content (AvgIpc) is 2.80. The molecule has 1 aromatic heterocycles. The summed E-state index contributed by atoms with van der Waals surface area (Å²) in [6, 6.07) is 15.4. The summed E-state index contributed by atoms with van der Waals surface area (Å²) in [5, 5.41) is 0. The van der Waals surface area contributed by atoms with E-state index in [2.05, 4.69) is 11.9 Å². The molecular weight excluding hydrogens is 390 g/mol. The van der Waals surface area contributed by atoms with E-state index in [0.29, 0.717) is 44.1 Å². The van der Waals surface area contributed by atoms with Gasteiger partial charge in [0, 0.05) is 58.1 Å². The van der Waals surface area contributed by atoms with E-state index in [1.165, 1.54) is 0 Å². The lowest BCUT2D eigenvalue weighted by Crippen LogP contribution is -2.50. The summed E-state index contributed by atoms with van der Waals surface area (Å²) in [5.74, 6) is 0.509. The molecule has 1 fully saturated rings. The second-order valence-electron chi connectivity index (χ2n) is 8.10. The summed E-state index contributed by atoms with van der Waals surface area (Å²) in [6.45, 7) is 5.04. The van der Waals surface area contributed by atoms with Crippen molar-refractivity contribution in [2.75, 3.05) is 50.1 Å². The Morgan fingerprint density at radius 2 is 1.68 bits per heavy atom. The Hall–Kier alpha value is -3.35. The molecule has 0 unspecified atom stereocenters. The van der Waals surface area contributed by atoms with Gasteiger partial charge in [-0.15, -0.1) is 0 Å². The lowest BCUT2D eigenvalue weighted by atomic mass is 10.1. The first-order chi connectivity index (χ1) is 15.0. The molecule has 4 rings (SSSR count). The maximum Gasteiger partial charge on any atom is 0.294 e. The van der Waals surface area contributed by atoms with Gasteiger partial charge in [-0.3, -0.25) is 9.59 Å². The van der Waals surface area contributed by atoms with E-state index in [4.69, 9.17) is 0 Å². The third-order valence-electron chi connectivity index (χ3n) is 5.78. The van der Waals surface area contributed by atoms with Crippen molar-refractivity contribution in [3.05, 3.63) is 64.4 Å². The molecule has 1 saturated heterocycles. The second-order valence-corrected chi connectivity index (χ2v) is 8.10. The van der Waals surface area contributed by atoms with Gasteiger partial charge in [0.25, 0.3) is 11.5 Å². The molecule has 0 aliphatic carbocycles. The minimum absolute atomic E-state index is 0.0276. The van der Waals surface area contributed by atoms with Crippen LogP contribution < -0.4 is 15.4 Å². The molecule has 0 bridgehead atoms. The van der Waals surface area contributed by atoms with Crippen LogP contribution in [0, 0.1) is 0 Å². The summed E-state index contributed by atoms with van der Waals surface area (Å²) in [5.41, 5.74) is 3.39. The van der Waals surface area contributed by atoms with E-state index in [1.54, 1.807) is 0 Å². The van der Waals surface area contributed by atoms with E-state index >= 15 is 0 Å². The standard InChI is InChI=1S/C24H29N5O2/c1-4-13-29-21-8-6-5-7-20(21)25-22(24(29)31)27-14-16-28(17-15-27)23(30)18-9-11-19(12-10-18)26(2)3/h5-12H,4,13-17H2,1-3H3. The van der Waals surface area contributed by atoms with Crippen LogP contribution in [0.3, 0.4) is 0 Å². The Kier molecular flexibility index (Phi) is 5.93. The molecule has 0 atom stereocenters. The monoisotopic (exact) mass is 419 g/mol. The van der Waals surface area contributed by atoms with Crippen LogP contribution in [0.1, 0.15) is 23.7 Å². The highest BCUT2D eigenvalue weighted by molar-refractivity contribution is 5.94. The van der Waals surface area contributed by atoms with Crippen molar-refractivity contribution >= 4 is 28.4 Å². The number of amides is 1.